The number of hydrogen-bond donors (Lipinski definition) is 0. The van der Waals surface area contributed by atoms with Gasteiger partial charge >= 0.3 is 0 Å². The van der Waals surface area contributed by atoms with Crippen molar-refractivity contribution >= 4 is 0 Å². The molecular formula is C26H50O4. The molecule has 0 aromatic rings. The van der Waals surface area contributed by atoms with Gasteiger partial charge in [-0.2, -0.15) is 0 Å². The van der Waals surface area contributed by atoms with Crippen LogP contribution >= 0.6 is 0 Å². The zero-order chi connectivity index (χ0) is 22.6. The Labute approximate surface area is 186 Å². The Morgan fingerprint density at radius 1 is 0.733 bits per heavy atom. The second-order valence-electron chi connectivity index (χ2n) is 10.8. The molecule has 0 spiro atoms. The van der Waals surface area contributed by atoms with Gasteiger partial charge in [0.05, 0.1) is 24.9 Å². The SMILES string of the molecule is CCC1CC(OC)C(OC(OCC2CC(OC)C(C)C(C)C2C)C(C)C)C(C)C1C. The number of methoxy groups -OCH3 is 2. The molecule has 2 aliphatic carbocycles. The first-order valence-corrected chi connectivity index (χ1v) is 12.5. The lowest BCUT2D eigenvalue weighted by Gasteiger charge is -2.46. The molecule has 11 unspecified atom stereocenters. The molecule has 2 aliphatic rings. The van der Waals surface area contributed by atoms with Crippen molar-refractivity contribution in [2.24, 2.45) is 47.3 Å². The highest BCUT2D eigenvalue weighted by molar-refractivity contribution is 4.91. The lowest BCUT2D eigenvalue weighted by molar-refractivity contribution is -0.247. The maximum atomic E-state index is 6.68. The van der Waals surface area contributed by atoms with Crippen LogP contribution in [0.15, 0.2) is 0 Å². The van der Waals surface area contributed by atoms with E-state index in [1.807, 2.05) is 14.2 Å². The number of ether oxygens (including phenoxy) is 4. The number of rotatable bonds is 9. The lowest BCUT2D eigenvalue weighted by Crippen LogP contribution is -2.49. The van der Waals surface area contributed by atoms with Crippen LogP contribution in [0.25, 0.3) is 0 Å². The first kappa shape index (κ1) is 26.1. The standard InChI is InChI=1S/C26H50O4/c1-11-21-12-24(28-10)25(20(8)18(21)6)30-26(15(2)3)29-14-22-13-23(27-9)19(7)16(4)17(22)5/h15-26H,11-14H2,1-10H3. The van der Waals surface area contributed by atoms with E-state index in [1.165, 1.54) is 6.42 Å². The van der Waals surface area contributed by atoms with Gasteiger partial charge in [0, 0.05) is 20.1 Å². The third-order valence-corrected chi connectivity index (χ3v) is 8.96. The van der Waals surface area contributed by atoms with E-state index in [0.717, 1.165) is 19.4 Å². The smallest absolute Gasteiger partial charge is 0.160 e. The minimum Gasteiger partial charge on any atom is -0.381 e. The Bertz CT molecular complexity index is 491. The summed E-state index contributed by atoms with van der Waals surface area (Å²) in [4.78, 5) is 0. The minimum atomic E-state index is -0.191. The molecule has 0 heterocycles. The van der Waals surface area contributed by atoms with Crippen molar-refractivity contribution in [3.05, 3.63) is 0 Å². The summed E-state index contributed by atoms with van der Waals surface area (Å²) in [6.07, 6.45) is 3.74. The van der Waals surface area contributed by atoms with Gasteiger partial charge in [-0.1, -0.05) is 61.8 Å². The second-order valence-corrected chi connectivity index (χ2v) is 10.8. The van der Waals surface area contributed by atoms with E-state index in [-0.39, 0.29) is 18.5 Å². The van der Waals surface area contributed by atoms with Crippen LogP contribution < -0.4 is 0 Å². The third kappa shape index (κ3) is 5.79. The fraction of sp³-hybridized carbons (Fsp3) is 1.00. The molecular weight excluding hydrogens is 376 g/mol. The topological polar surface area (TPSA) is 36.9 Å². The second kappa shape index (κ2) is 11.6. The average molecular weight is 427 g/mol. The molecule has 0 aromatic carbocycles. The lowest BCUT2D eigenvalue weighted by atomic mass is 9.67. The van der Waals surface area contributed by atoms with Crippen molar-refractivity contribution in [3.63, 3.8) is 0 Å². The van der Waals surface area contributed by atoms with Crippen molar-refractivity contribution in [2.45, 2.75) is 99.3 Å². The summed E-state index contributed by atoms with van der Waals surface area (Å²) in [5.74, 6) is 4.49. The highest BCUT2D eigenvalue weighted by Crippen LogP contribution is 2.42. The van der Waals surface area contributed by atoms with Crippen LogP contribution in [0.5, 0.6) is 0 Å². The van der Waals surface area contributed by atoms with Gasteiger partial charge in [-0.3, -0.25) is 0 Å². The van der Waals surface area contributed by atoms with Crippen LogP contribution in [0, 0.1) is 47.3 Å². The molecule has 4 heteroatoms. The van der Waals surface area contributed by atoms with E-state index in [9.17, 15) is 0 Å². The highest BCUT2D eigenvalue weighted by atomic mass is 16.7. The molecule has 178 valence electrons. The molecule has 0 radical (unpaired) electrons. The first-order valence-electron chi connectivity index (χ1n) is 12.5. The summed E-state index contributed by atoms with van der Waals surface area (Å²) >= 11 is 0. The van der Waals surface area contributed by atoms with Crippen LogP contribution in [0.2, 0.25) is 0 Å². The summed E-state index contributed by atoms with van der Waals surface area (Å²) in [7, 11) is 3.68. The summed E-state index contributed by atoms with van der Waals surface area (Å²) in [6.45, 7) is 19.2. The molecule has 0 bridgehead atoms. The van der Waals surface area contributed by atoms with Gasteiger partial charge in [-0.05, 0) is 54.3 Å². The molecule has 4 nitrogen and oxygen atoms in total. The van der Waals surface area contributed by atoms with E-state index >= 15 is 0 Å². The van der Waals surface area contributed by atoms with Crippen LogP contribution in [-0.2, 0) is 18.9 Å². The molecule has 0 aliphatic heterocycles. The fourth-order valence-corrected chi connectivity index (χ4v) is 5.96. The Morgan fingerprint density at radius 3 is 1.83 bits per heavy atom. The van der Waals surface area contributed by atoms with Crippen molar-refractivity contribution < 1.29 is 18.9 Å². The quantitative estimate of drug-likeness (QED) is 0.422. The van der Waals surface area contributed by atoms with Gasteiger partial charge < -0.3 is 18.9 Å². The van der Waals surface area contributed by atoms with Gasteiger partial charge in [0.2, 0.25) is 0 Å². The Balaban J connectivity index is 2.03. The molecule has 0 saturated heterocycles. The van der Waals surface area contributed by atoms with E-state index in [2.05, 4.69) is 55.4 Å². The Hall–Kier alpha value is -0.160. The van der Waals surface area contributed by atoms with E-state index in [0.29, 0.717) is 53.4 Å². The molecule has 2 fully saturated rings. The monoisotopic (exact) mass is 426 g/mol. The van der Waals surface area contributed by atoms with Crippen LogP contribution in [0.1, 0.15) is 74.7 Å². The summed E-state index contributed by atoms with van der Waals surface area (Å²) in [5.41, 5.74) is 0. The van der Waals surface area contributed by atoms with Crippen LogP contribution in [-0.4, -0.2) is 45.4 Å². The summed E-state index contributed by atoms with van der Waals surface area (Å²) in [6, 6.07) is 0. The van der Waals surface area contributed by atoms with Gasteiger partial charge in [0.25, 0.3) is 0 Å². The van der Waals surface area contributed by atoms with Gasteiger partial charge in [-0.25, -0.2) is 0 Å². The predicted molar refractivity (Wildman–Crippen MR) is 123 cm³/mol. The minimum absolute atomic E-state index is 0.0923. The highest BCUT2D eigenvalue weighted by Gasteiger charge is 2.43. The molecule has 0 N–H and O–H groups in total. The summed E-state index contributed by atoms with van der Waals surface area (Å²) in [5, 5.41) is 0. The van der Waals surface area contributed by atoms with Crippen LogP contribution in [0.4, 0.5) is 0 Å². The molecule has 0 aromatic heterocycles. The average Bonchev–Trinajstić information content (AvgIpc) is 2.73. The normalized spacial score (nSPS) is 43.7. The number of hydrogen-bond acceptors (Lipinski definition) is 4. The Morgan fingerprint density at radius 2 is 1.30 bits per heavy atom. The maximum Gasteiger partial charge on any atom is 0.160 e. The predicted octanol–water partition coefficient (Wildman–Crippen LogP) is 6.03. The molecule has 0 amide bonds. The zero-order valence-corrected chi connectivity index (χ0v) is 21.4. The fourth-order valence-electron chi connectivity index (χ4n) is 5.96. The van der Waals surface area contributed by atoms with Gasteiger partial charge in [0.1, 0.15) is 0 Å². The Kier molecular flexibility index (Phi) is 10.1. The van der Waals surface area contributed by atoms with E-state index in [1.54, 1.807) is 0 Å². The third-order valence-electron chi connectivity index (χ3n) is 8.96. The van der Waals surface area contributed by atoms with E-state index in [4.69, 9.17) is 18.9 Å². The zero-order valence-electron chi connectivity index (χ0n) is 21.4. The van der Waals surface area contributed by atoms with E-state index < -0.39 is 0 Å². The van der Waals surface area contributed by atoms with Gasteiger partial charge in [0.15, 0.2) is 6.29 Å². The van der Waals surface area contributed by atoms with Crippen molar-refractivity contribution in [2.75, 3.05) is 20.8 Å². The van der Waals surface area contributed by atoms with Crippen LogP contribution in [0.3, 0.4) is 0 Å². The molecule has 2 rings (SSSR count). The van der Waals surface area contributed by atoms with Crippen molar-refractivity contribution in [1.29, 1.82) is 0 Å². The largest absolute Gasteiger partial charge is 0.381 e. The maximum absolute atomic E-state index is 6.68. The molecule has 30 heavy (non-hydrogen) atoms. The molecule has 2 saturated carbocycles. The van der Waals surface area contributed by atoms with Crippen molar-refractivity contribution in [3.8, 4) is 0 Å². The van der Waals surface area contributed by atoms with Crippen molar-refractivity contribution in [1.82, 2.24) is 0 Å². The summed E-state index contributed by atoms with van der Waals surface area (Å²) < 4.78 is 24.9. The molecule has 11 atom stereocenters. The van der Waals surface area contributed by atoms with Gasteiger partial charge in [-0.15, -0.1) is 0 Å². The first-order chi connectivity index (χ1) is 14.2.